The van der Waals surface area contributed by atoms with Crippen molar-refractivity contribution in [1.29, 1.82) is 0 Å². The molecule has 1 atom stereocenters. The third kappa shape index (κ3) is 2.71. The Kier molecular flexibility index (Phi) is 3.87. The maximum absolute atomic E-state index is 10.3. The first kappa shape index (κ1) is 12.6. The van der Waals surface area contributed by atoms with E-state index >= 15 is 0 Å². The minimum absolute atomic E-state index is 0.556. The molecule has 0 amide bonds. The van der Waals surface area contributed by atoms with E-state index in [1.165, 1.54) is 5.56 Å². The molecule has 1 nitrogen and oxygen atoms in total. The van der Waals surface area contributed by atoms with E-state index in [0.717, 1.165) is 10.0 Å². The molecule has 0 heterocycles. The van der Waals surface area contributed by atoms with Crippen molar-refractivity contribution in [3.63, 3.8) is 0 Å². The lowest BCUT2D eigenvalue weighted by Crippen LogP contribution is -2.00. The fraction of sp³-hybridized carbons (Fsp3) is 0.143. The molecule has 1 unspecified atom stereocenters. The van der Waals surface area contributed by atoms with Crippen LogP contribution in [0.4, 0.5) is 0 Å². The van der Waals surface area contributed by atoms with Gasteiger partial charge >= 0.3 is 0 Å². The van der Waals surface area contributed by atoms with E-state index in [9.17, 15) is 5.11 Å². The molecule has 0 bridgehead atoms. The van der Waals surface area contributed by atoms with Crippen LogP contribution in [0.1, 0.15) is 22.8 Å². The summed E-state index contributed by atoms with van der Waals surface area (Å²) < 4.78 is 0.794. The summed E-state index contributed by atoms with van der Waals surface area (Å²) in [6.45, 7) is 2.02. The van der Waals surface area contributed by atoms with Gasteiger partial charge in [-0.2, -0.15) is 0 Å². The van der Waals surface area contributed by atoms with Crippen LogP contribution in [0.15, 0.2) is 46.9 Å². The molecule has 2 rings (SSSR count). The van der Waals surface area contributed by atoms with E-state index in [1.54, 1.807) is 0 Å². The zero-order valence-electron chi connectivity index (χ0n) is 9.32. The van der Waals surface area contributed by atoms with Crippen LogP contribution in [-0.4, -0.2) is 5.11 Å². The average molecular weight is 312 g/mol. The highest BCUT2D eigenvalue weighted by molar-refractivity contribution is 9.10. The third-order valence-electron chi connectivity index (χ3n) is 2.67. The van der Waals surface area contributed by atoms with Crippen molar-refractivity contribution in [2.75, 3.05) is 0 Å². The van der Waals surface area contributed by atoms with E-state index in [2.05, 4.69) is 15.9 Å². The fourth-order valence-corrected chi connectivity index (χ4v) is 2.27. The Morgan fingerprint density at radius 1 is 1.12 bits per heavy atom. The smallest absolute Gasteiger partial charge is 0.106 e. The summed E-state index contributed by atoms with van der Waals surface area (Å²) in [5.41, 5.74) is 2.72. The van der Waals surface area contributed by atoms with Crippen LogP contribution in [0.5, 0.6) is 0 Å². The third-order valence-corrected chi connectivity index (χ3v) is 3.98. The summed E-state index contributed by atoms with van der Waals surface area (Å²) >= 11 is 9.52. The number of benzene rings is 2. The molecule has 0 aliphatic rings. The molecule has 88 valence electrons. The summed E-state index contributed by atoms with van der Waals surface area (Å²) in [6.07, 6.45) is -0.694. The van der Waals surface area contributed by atoms with Gasteiger partial charge in [0.2, 0.25) is 0 Å². The van der Waals surface area contributed by atoms with Gasteiger partial charge in [0, 0.05) is 10.0 Å². The fourth-order valence-electron chi connectivity index (χ4n) is 1.66. The van der Waals surface area contributed by atoms with Crippen molar-refractivity contribution in [3.05, 3.63) is 68.7 Å². The number of aliphatic hydroxyl groups is 1. The molecular formula is C14H12BrClO. The highest BCUT2D eigenvalue weighted by Gasteiger charge is 2.14. The largest absolute Gasteiger partial charge is 0.384 e. The molecular weight excluding hydrogens is 300 g/mol. The number of aliphatic hydroxyl groups excluding tert-OH is 1. The van der Waals surface area contributed by atoms with Crippen molar-refractivity contribution >= 4 is 27.5 Å². The minimum atomic E-state index is -0.694. The van der Waals surface area contributed by atoms with Gasteiger partial charge in [-0.15, -0.1) is 0 Å². The Morgan fingerprint density at radius 2 is 1.76 bits per heavy atom. The Morgan fingerprint density at radius 3 is 2.41 bits per heavy atom. The number of halogens is 2. The van der Waals surface area contributed by atoms with E-state index in [-0.39, 0.29) is 0 Å². The van der Waals surface area contributed by atoms with E-state index in [4.69, 9.17) is 11.6 Å². The average Bonchev–Trinajstić information content (AvgIpc) is 2.33. The van der Waals surface area contributed by atoms with Crippen molar-refractivity contribution < 1.29 is 5.11 Å². The number of hydrogen-bond acceptors (Lipinski definition) is 1. The quantitative estimate of drug-likeness (QED) is 0.866. The topological polar surface area (TPSA) is 20.2 Å². The van der Waals surface area contributed by atoms with E-state index < -0.39 is 6.10 Å². The van der Waals surface area contributed by atoms with Gasteiger partial charge in [0.1, 0.15) is 6.10 Å². The van der Waals surface area contributed by atoms with Crippen LogP contribution >= 0.6 is 27.5 Å². The van der Waals surface area contributed by atoms with Gasteiger partial charge < -0.3 is 5.11 Å². The Hall–Kier alpha value is -0.830. The van der Waals surface area contributed by atoms with Crippen molar-refractivity contribution in [2.24, 2.45) is 0 Å². The SMILES string of the molecule is Cc1ccc(C(O)c2cccc(Br)c2Cl)cc1. The number of aryl methyl sites for hydroxylation is 1. The van der Waals surface area contributed by atoms with Crippen molar-refractivity contribution in [3.8, 4) is 0 Å². The van der Waals surface area contributed by atoms with Crippen LogP contribution < -0.4 is 0 Å². The normalized spacial score (nSPS) is 12.5. The van der Waals surface area contributed by atoms with Crippen LogP contribution in [-0.2, 0) is 0 Å². The van der Waals surface area contributed by atoms with E-state index in [0.29, 0.717) is 10.6 Å². The molecule has 1 N–H and O–H groups in total. The van der Waals surface area contributed by atoms with Crippen LogP contribution in [0.3, 0.4) is 0 Å². The predicted molar refractivity (Wildman–Crippen MR) is 74.4 cm³/mol. The number of rotatable bonds is 2. The first-order valence-corrected chi connectivity index (χ1v) is 6.45. The Bertz CT molecular complexity index is 522. The Labute approximate surface area is 114 Å². The van der Waals surface area contributed by atoms with Crippen molar-refractivity contribution in [2.45, 2.75) is 13.0 Å². The molecule has 0 aromatic heterocycles. The van der Waals surface area contributed by atoms with Gasteiger partial charge in [-0.1, -0.05) is 53.6 Å². The maximum Gasteiger partial charge on any atom is 0.106 e. The molecule has 0 saturated heterocycles. The summed E-state index contributed by atoms with van der Waals surface area (Å²) in [5.74, 6) is 0. The second-order valence-electron chi connectivity index (χ2n) is 3.96. The zero-order valence-corrected chi connectivity index (χ0v) is 11.7. The highest BCUT2D eigenvalue weighted by atomic mass is 79.9. The summed E-state index contributed by atoms with van der Waals surface area (Å²) in [6, 6.07) is 13.3. The lowest BCUT2D eigenvalue weighted by Gasteiger charge is -2.14. The summed E-state index contributed by atoms with van der Waals surface area (Å²) in [7, 11) is 0. The molecule has 0 spiro atoms. The lowest BCUT2D eigenvalue weighted by molar-refractivity contribution is 0.220. The van der Waals surface area contributed by atoms with Gasteiger partial charge in [0.15, 0.2) is 0 Å². The molecule has 2 aromatic rings. The summed E-state index contributed by atoms with van der Waals surface area (Å²) in [4.78, 5) is 0. The zero-order chi connectivity index (χ0) is 12.4. The standard InChI is InChI=1S/C14H12BrClO/c1-9-5-7-10(8-6-9)14(17)11-3-2-4-12(15)13(11)16/h2-8,14,17H,1H3. The maximum atomic E-state index is 10.3. The van der Waals surface area contributed by atoms with Gasteiger partial charge in [0.25, 0.3) is 0 Å². The molecule has 0 aliphatic heterocycles. The number of hydrogen-bond donors (Lipinski definition) is 1. The first-order chi connectivity index (χ1) is 8.09. The second kappa shape index (κ2) is 5.21. The molecule has 0 aliphatic carbocycles. The van der Waals surface area contributed by atoms with Gasteiger partial charge in [0.05, 0.1) is 5.02 Å². The molecule has 0 radical (unpaired) electrons. The van der Waals surface area contributed by atoms with Gasteiger partial charge in [-0.3, -0.25) is 0 Å². The lowest BCUT2D eigenvalue weighted by atomic mass is 10.0. The molecule has 17 heavy (non-hydrogen) atoms. The Balaban J connectivity index is 2.40. The van der Waals surface area contributed by atoms with Crippen LogP contribution in [0, 0.1) is 6.92 Å². The van der Waals surface area contributed by atoms with E-state index in [1.807, 2.05) is 49.4 Å². The molecule has 0 fully saturated rings. The first-order valence-electron chi connectivity index (χ1n) is 5.28. The second-order valence-corrected chi connectivity index (χ2v) is 5.19. The molecule has 3 heteroatoms. The minimum Gasteiger partial charge on any atom is -0.384 e. The predicted octanol–water partition coefficient (Wildman–Crippen LogP) is 4.49. The molecule has 0 saturated carbocycles. The van der Waals surface area contributed by atoms with Gasteiger partial charge in [-0.05, 0) is 34.5 Å². The highest BCUT2D eigenvalue weighted by Crippen LogP contribution is 2.33. The van der Waals surface area contributed by atoms with Crippen LogP contribution in [0.2, 0.25) is 5.02 Å². The summed E-state index contributed by atoms with van der Waals surface area (Å²) in [5, 5.41) is 10.8. The molecule has 2 aromatic carbocycles. The van der Waals surface area contributed by atoms with Gasteiger partial charge in [-0.25, -0.2) is 0 Å². The van der Waals surface area contributed by atoms with Crippen molar-refractivity contribution in [1.82, 2.24) is 0 Å². The van der Waals surface area contributed by atoms with Crippen LogP contribution in [0.25, 0.3) is 0 Å². The monoisotopic (exact) mass is 310 g/mol.